The number of para-hydroxylation sites is 1. The van der Waals surface area contributed by atoms with Gasteiger partial charge in [-0.2, -0.15) is 0 Å². The van der Waals surface area contributed by atoms with Crippen molar-refractivity contribution in [2.24, 2.45) is 0 Å². The molecule has 0 amide bonds. The summed E-state index contributed by atoms with van der Waals surface area (Å²) in [4.78, 5) is 2.50. The number of halogens is 2. The van der Waals surface area contributed by atoms with Crippen LogP contribution in [0.15, 0.2) is 48.7 Å². The van der Waals surface area contributed by atoms with E-state index in [-0.39, 0.29) is 0 Å². The maximum Gasteiger partial charge on any atom is 0.0594 e. The highest BCUT2D eigenvalue weighted by Gasteiger charge is 2.12. The van der Waals surface area contributed by atoms with Gasteiger partial charge in [-0.3, -0.25) is 4.90 Å². The second-order valence-corrected chi connectivity index (χ2v) is 7.94. The molecule has 1 aliphatic rings. The molecular weight excluding hydrogens is 379 g/mol. The summed E-state index contributed by atoms with van der Waals surface area (Å²) in [5, 5.41) is 2.73. The number of hydrogen-bond acceptors (Lipinski definition) is 2. The Morgan fingerprint density at radius 3 is 2.59 bits per heavy atom. The molecule has 27 heavy (non-hydrogen) atoms. The number of fused-ring (bicyclic) bond motifs is 1. The van der Waals surface area contributed by atoms with Crippen molar-refractivity contribution in [2.45, 2.75) is 19.4 Å². The van der Waals surface area contributed by atoms with Gasteiger partial charge in [0, 0.05) is 46.8 Å². The number of nitrogens with zero attached hydrogens (tertiary/aromatic N) is 2. The third-order valence-electron chi connectivity index (χ3n) is 5.25. The fraction of sp³-hybridized carbons (Fsp3) is 0.364. The molecule has 3 aromatic rings. The standard InChI is InChI=1S/C22H24Cl2N2O/c23-19-8-7-18(21(24)14-19)16-26-15-17(20-5-1-2-6-22(20)26)4-3-9-25-10-12-27-13-11-25/h1-2,5-8,14-15H,3-4,9-13,16H2. The van der Waals surface area contributed by atoms with E-state index in [1.54, 1.807) is 0 Å². The lowest BCUT2D eigenvalue weighted by atomic mass is 10.1. The lowest BCUT2D eigenvalue weighted by Crippen LogP contribution is -2.36. The van der Waals surface area contributed by atoms with Gasteiger partial charge >= 0.3 is 0 Å². The predicted octanol–water partition coefficient (Wildman–Crippen LogP) is 5.26. The van der Waals surface area contributed by atoms with E-state index in [0.29, 0.717) is 10.0 Å². The Bertz CT molecular complexity index is 916. The average Bonchev–Trinajstić information content (AvgIpc) is 3.03. The van der Waals surface area contributed by atoms with Gasteiger partial charge in [0.25, 0.3) is 0 Å². The molecular formula is C22H24Cl2N2O. The summed E-state index contributed by atoms with van der Waals surface area (Å²) in [5.41, 5.74) is 3.75. The second kappa shape index (κ2) is 8.66. The summed E-state index contributed by atoms with van der Waals surface area (Å²) in [5.74, 6) is 0. The smallest absolute Gasteiger partial charge is 0.0594 e. The number of aryl methyl sites for hydroxylation is 1. The Kier molecular flexibility index (Phi) is 6.04. The summed E-state index contributed by atoms with van der Waals surface area (Å²) >= 11 is 12.4. The largest absolute Gasteiger partial charge is 0.379 e. The van der Waals surface area contributed by atoms with Gasteiger partial charge in [0.15, 0.2) is 0 Å². The van der Waals surface area contributed by atoms with E-state index >= 15 is 0 Å². The first kappa shape index (κ1) is 18.8. The minimum atomic E-state index is 0.671. The van der Waals surface area contributed by atoms with Gasteiger partial charge in [-0.25, -0.2) is 0 Å². The molecule has 0 aliphatic carbocycles. The number of aromatic nitrogens is 1. The second-order valence-electron chi connectivity index (χ2n) is 7.09. The van der Waals surface area contributed by atoms with Crippen molar-refractivity contribution in [3.05, 3.63) is 69.8 Å². The molecule has 5 heteroatoms. The van der Waals surface area contributed by atoms with Crippen LogP contribution in [-0.2, 0) is 17.7 Å². The fourth-order valence-electron chi connectivity index (χ4n) is 3.80. The van der Waals surface area contributed by atoms with Crippen LogP contribution in [0.25, 0.3) is 10.9 Å². The zero-order chi connectivity index (χ0) is 18.6. The Morgan fingerprint density at radius 1 is 0.963 bits per heavy atom. The Labute approximate surface area is 170 Å². The molecule has 1 aliphatic heterocycles. The highest BCUT2D eigenvalue weighted by atomic mass is 35.5. The maximum atomic E-state index is 6.39. The first-order valence-electron chi connectivity index (χ1n) is 9.51. The van der Waals surface area contributed by atoms with Crippen molar-refractivity contribution in [1.82, 2.24) is 9.47 Å². The Balaban J connectivity index is 1.51. The van der Waals surface area contributed by atoms with Crippen LogP contribution in [0.3, 0.4) is 0 Å². The third kappa shape index (κ3) is 4.49. The lowest BCUT2D eigenvalue weighted by Gasteiger charge is -2.26. The molecule has 1 fully saturated rings. The van der Waals surface area contributed by atoms with E-state index in [2.05, 4.69) is 39.9 Å². The van der Waals surface area contributed by atoms with Gasteiger partial charge in [0.05, 0.1) is 13.2 Å². The number of ether oxygens (including phenoxy) is 1. The van der Waals surface area contributed by atoms with E-state index in [0.717, 1.165) is 57.8 Å². The summed E-state index contributed by atoms with van der Waals surface area (Å²) in [7, 11) is 0. The molecule has 4 rings (SSSR count). The number of rotatable bonds is 6. The fourth-order valence-corrected chi connectivity index (χ4v) is 4.27. The molecule has 0 unspecified atom stereocenters. The van der Waals surface area contributed by atoms with Crippen LogP contribution >= 0.6 is 23.2 Å². The van der Waals surface area contributed by atoms with Gasteiger partial charge < -0.3 is 9.30 Å². The Hall–Kier alpha value is -1.52. The van der Waals surface area contributed by atoms with Crippen LogP contribution in [0.5, 0.6) is 0 Å². The van der Waals surface area contributed by atoms with Gasteiger partial charge in [0.1, 0.15) is 0 Å². The number of hydrogen-bond donors (Lipinski definition) is 0. The minimum Gasteiger partial charge on any atom is -0.379 e. The highest BCUT2D eigenvalue weighted by molar-refractivity contribution is 6.35. The van der Waals surface area contributed by atoms with Crippen LogP contribution in [0.4, 0.5) is 0 Å². The molecule has 2 heterocycles. The van der Waals surface area contributed by atoms with Crippen LogP contribution in [0, 0.1) is 0 Å². The van der Waals surface area contributed by atoms with Gasteiger partial charge in [-0.1, -0.05) is 47.5 Å². The first-order valence-corrected chi connectivity index (χ1v) is 10.3. The van der Waals surface area contributed by atoms with Crippen LogP contribution < -0.4 is 0 Å². The molecule has 142 valence electrons. The topological polar surface area (TPSA) is 17.4 Å². The zero-order valence-electron chi connectivity index (χ0n) is 15.3. The first-order chi connectivity index (χ1) is 13.2. The maximum absolute atomic E-state index is 6.39. The van der Waals surface area contributed by atoms with E-state index in [4.69, 9.17) is 27.9 Å². The van der Waals surface area contributed by atoms with Crippen molar-refractivity contribution in [1.29, 1.82) is 0 Å². The van der Waals surface area contributed by atoms with Crippen LogP contribution in [0.2, 0.25) is 10.0 Å². The molecule has 0 atom stereocenters. The molecule has 0 saturated carbocycles. The van der Waals surface area contributed by atoms with Crippen molar-refractivity contribution in [3.8, 4) is 0 Å². The van der Waals surface area contributed by atoms with E-state index in [9.17, 15) is 0 Å². The van der Waals surface area contributed by atoms with Gasteiger partial charge in [0.2, 0.25) is 0 Å². The van der Waals surface area contributed by atoms with Gasteiger partial charge in [-0.05, 0) is 48.7 Å². The highest BCUT2D eigenvalue weighted by Crippen LogP contribution is 2.27. The molecule has 0 radical (unpaired) electrons. The monoisotopic (exact) mass is 402 g/mol. The average molecular weight is 403 g/mol. The molecule has 0 bridgehead atoms. The molecule has 1 aromatic heterocycles. The van der Waals surface area contributed by atoms with Crippen LogP contribution in [0.1, 0.15) is 17.5 Å². The van der Waals surface area contributed by atoms with Crippen LogP contribution in [-0.4, -0.2) is 42.3 Å². The van der Waals surface area contributed by atoms with E-state index in [1.807, 2.05) is 18.2 Å². The Morgan fingerprint density at radius 2 is 1.78 bits per heavy atom. The van der Waals surface area contributed by atoms with Crippen molar-refractivity contribution < 1.29 is 4.74 Å². The molecule has 2 aromatic carbocycles. The van der Waals surface area contributed by atoms with Gasteiger partial charge in [-0.15, -0.1) is 0 Å². The van der Waals surface area contributed by atoms with E-state index in [1.165, 1.54) is 16.5 Å². The normalized spacial score (nSPS) is 15.5. The molecule has 0 N–H and O–H groups in total. The molecule has 0 spiro atoms. The minimum absolute atomic E-state index is 0.671. The predicted molar refractivity (Wildman–Crippen MR) is 113 cm³/mol. The zero-order valence-corrected chi connectivity index (χ0v) is 16.8. The van der Waals surface area contributed by atoms with Crippen molar-refractivity contribution in [3.63, 3.8) is 0 Å². The number of benzene rings is 2. The summed E-state index contributed by atoms with van der Waals surface area (Å²) in [6.45, 7) is 5.71. The van der Waals surface area contributed by atoms with Crippen molar-refractivity contribution >= 4 is 34.1 Å². The number of morpholine rings is 1. The SMILES string of the molecule is Clc1ccc(Cn2cc(CCCN3CCOCC3)c3ccccc32)c(Cl)c1. The quantitative estimate of drug-likeness (QED) is 0.559. The van der Waals surface area contributed by atoms with E-state index < -0.39 is 0 Å². The summed E-state index contributed by atoms with van der Waals surface area (Å²) in [6, 6.07) is 14.3. The third-order valence-corrected chi connectivity index (χ3v) is 5.84. The molecule has 3 nitrogen and oxygen atoms in total. The summed E-state index contributed by atoms with van der Waals surface area (Å²) < 4.78 is 7.73. The summed E-state index contributed by atoms with van der Waals surface area (Å²) in [6.07, 6.45) is 4.53. The molecule has 1 saturated heterocycles. The lowest BCUT2D eigenvalue weighted by molar-refractivity contribution is 0.0375. The van der Waals surface area contributed by atoms with Crippen molar-refractivity contribution in [2.75, 3.05) is 32.8 Å².